The van der Waals surface area contributed by atoms with E-state index in [2.05, 4.69) is 0 Å². The topological polar surface area (TPSA) is 26.0 Å². The van der Waals surface area contributed by atoms with Crippen molar-refractivity contribution < 1.29 is 13.2 Å². The molecule has 0 bridgehead atoms. The van der Waals surface area contributed by atoms with Gasteiger partial charge in [-0.1, -0.05) is 42.5 Å². The Labute approximate surface area is 121 Å². The van der Waals surface area contributed by atoms with E-state index >= 15 is 0 Å². The van der Waals surface area contributed by atoms with Gasteiger partial charge in [0.25, 0.3) is 0 Å². The van der Waals surface area contributed by atoms with Crippen LogP contribution in [0.1, 0.15) is 28.3 Å². The van der Waals surface area contributed by atoms with E-state index < -0.39 is 11.7 Å². The molecule has 1 nitrogen and oxygen atoms in total. The Kier molecular flexibility index (Phi) is 3.49. The van der Waals surface area contributed by atoms with Gasteiger partial charge in [0.1, 0.15) is 0 Å². The van der Waals surface area contributed by atoms with Crippen LogP contribution in [0.3, 0.4) is 0 Å². The molecule has 2 atom stereocenters. The number of rotatable bonds is 2. The average Bonchev–Trinajstić information content (AvgIpc) is 2.75. The molecule has 0 aromatic heterocycles. The highest BCUT2D eigenvalue weighted by atomic mass is 19.4. The van der Waals surface area contributed by atoms with Gasteiger partial charge in [0.05, 0.1) is 5.56 Å². The fourth-order valence-electron chi connectivity index (χ4n) is 3.09. The van der Waals surface area contributed by atoms with E-state index in [1.165, 1.54) is 17.7 Å². The minimum atomic E-state index is -4.29. The van der Waals surface area contributed by atoms with Crippen molar-refractivity contribution in [3.05, 3.63) is 70.8 Å². The lowest BCUT2D eigenvalue weighted by atomic mass is 9.92. The van der Waals surface area contributed by atoms with Gasteiger partial charge >= 0.3 is 6.18 Å². The maximum Gasteiger partial charge on any atom is 0.416 e. The van der Waals surface area contributed by atoms with Gasteiger partial charge in [-0.15, -0.1) is 0 Å². The van der Waals surface area contributed by atoms with Gasteiger partial charge in [-0.05, 0) is 41.5 Å². The molecule has 0 saturated heterocycles. The Balaban J connectivity index is 1.80. The first-order valence-corrected chi connectivity index (χ1v) is 6.94. The van der Waals surface area contributed by atoms with Gasteiger partial charge in [0, 0.05) is 6.04 Å². The standard InChI is InChI=1S/C17H16F3N/c18-17(19,20)14-6-3-4-11(9-14)8-13-10-12-5-1-2-7-15(12)16(13)21/h1-7,9,13,16H,8,10,21H2. The molecule has 1 aliphatic carbocycles. The number of fused-ring (bicyclic) bond motifs is 1. The highest BCUT2D eigenvalue weighted by Crippen LogP contribution is 2.37. The van der Waals surface area contributed by atoms with E-state index in [4.69, 9.17) is 5.73 Å². The second-order valence-electron chi connectivity index (χ2n) is 5.59. The first kappa shape index (κ1) is 14.1. The molecular weight excluding hydrogens is 275 g/mol. The number of hydrogen-bond donors (Lipinski definition) is 1. The molecule has 0 fully saturated rings. The number of hydrogen-bond acceptors (Lipinski definition) is 1. The summed E-state index contributed by atoms with van der Waals surface area (Å²) < 4.78 is 38.2. The van der Waals surface area contributed by atoms with Crippen LogP contribution < -0.4 is 5.73 Å². The Morgan fingerprint density at radius 2 is 1.81 bits per heavy atom. The summed E-state index contributed by atoms with van der Waals surface area (Å²) in [6.07, 6.45) is -2.90. The van der Waals surface area contributed by atoms with Crippen molar-refractivity contribution >= 4 is 0 Å². The summed E-state index contributed by atoms with van der Waals surface area (Å²) in [5.74, 6) is 0.158. The molecule has 0 aliphatic heterocycles. The fraction of sp³-hybridized carbons (Fsp3) is 0.294. The fourth-order valence-corrected chi connectivity index (χ4v) is 3.09. The van der Waals surface area contributed by atoms with Gasteiger partial charge in [0.2, 0.25) is 0 Å². The van der Waals surface area contributed by atoms with Crippen LogP contribution in [-0.2, 0) is 19.0 Å². The molecule has 4 heteroatoms. The van der Waals surface area contributed by atoms with Crippen molar-refractivity contribution in [1.82, 2.24) is 0 Å². The lowest BCUT2D eigenvalue weighted by Crippen LogP contribution is -2.19. The minimum Gasteiger partial charge on any atom is -0.324 e. The zero-order chi connectivity index (χ0) is 15.0. The van der Waals surface area contributed by atoms with Crippen molar-refractivity contribution in [3.63, 3.8) is 0 Å². The summed E-state index contributed by atoms with van der Waals surface area (Å²) in [6, 6.07) is 13.4. The third kappa shape index (κ3) is 2.81. The quantitative estimate of drug-likeness (QED) is 0.885. The summed E-state index contributed by atoms with van der Waals surface area (Å²) in [4.78, 5) is 0. The van der Waals surface area contributed by atoms with E-state index in [-0.39, 0.29) is 12.0 Å². The van der Waals surface area contributed by atoms with Crippen LogP contribution in [0.15, 0.2) is 48.5 Å². The Morgan fingerprint density at radius 3 is 2.52 bits per heavy atom. The van der Waals surface area contributed by atoms with Crippen LogP contribution in [0.4, 0.5) is 13.2 Å². The SMILES string of the molecule is NC1c2ccccc2CC1Cc1cccc(C(F)(F)F)c1. The molecule has 2 N–H and O–H groups in total. The summed E-state index contributed by atoms with van der Waals surface area (Å²) in [5, 5.41) is 0. The van der Waals surface area contributed by atoms with Crippen molar-refractivity contribution in [3.8, 4) is 0 Å². The van der Waals surface area contributed by atoms with Gasteiger partial charge in [-0.3, -0.25) is 0 Å². The van der Waals surface area contributed by atoms with Crippen molar-refractivity contribution in [2.24, 2.45) is 11.7 Å². The number of benzene rings is 2. The summed E-state index contributed by atoms with van der Waals surface area (Å²) >= 11 is 0. The third-order valence-electron chi connectivity index (χ3n) is 4.16. The molecule has 2 unspecified atom stereocenters. The monoisotopic (exact) mass is 291 g/mol. The molecule has 0 spiro atoms. The Morgan fingerprint density at radius 1 is 1.05 bits per heavy atom. The maximum atomic E-state index is 12.7. The number of nitrogens with two attached hydrogens (primary N) is 1. The second kappa shape index (κ2) is 5.19. The summed E-state index contributed by atoms with van der Waals surface area (Å²) in [6.45, 7) is 0. The molecule has 110 valence electrons. The lowest BCUT2D eigenvalue weighted by molar-refractivity contribution is -0.137. The van der Waals surface area contributed by atoms with Crippen molar-refractivity contribution in [2.75, 3.05) is 0 Å². The first-order chi connectivity index (χ1) is 9.95. The zero-order valence-corrected chi connectivity index (χ0v) is 11.4. The molecule has 3 rings (SSSR count). The van der Waals surface area contributed by atoms with Crippen LogP contribution in [0.5, 0.6) is 0 Å². The zero-order valence-electron chi connectivity index (χ0n) is 11.4. The van der Waals surface area contributed by atoms with Gasteiger partial charge in [-0.25, -0.2) is 0 Å². The van der Waals surface area contributed by atoms with E-state index in [0.29, 0.717) is 12.0 Å². The first-order valence-electron chi connectivity index (χ1n) is 6.94. The minimum absolute atomic E-state index is 0.101. The maximum absolute atomic E-state index is 12.7. The average molecular weight is 291 g/mol. The molecule has 2 aromatic carbocycles. The highest BCUT2D eigenvalue weighted by molar-refractivity contribution is 5.36. The smallest absolute Gasteiger partial charge is 0.324 e. The van der Waals surface area contributed by atoms with Crippen molar-refractivity contribution in [1.29, 1.82) is 0 Å². The highest BCUT2D eigenvalue weighted by Gasteiger charge is 2.32. The Bertz CT molecular complexity index is 648. The molecule has 1 aliphatic rings. The molecule has 0 heterocycles. The van der Waals surface area contributed by atoms with E-state index in [9.17, 15) is 13.2 Å². The van der Waals surface area contributed by atoms with Crippen LogP contribution in [0.25, 0.3) is 0 Å². The molecule has 21 heavy (non-hydrogen) atoms. The third-order valence-corrected chi connectivity index (χ3v) is 4.16. The van der Waals surface area contributed by atoms with Crippen LogP contribution in [0, 0.1) is 5.92 Å². The van der Waals surface area contributed by atoms with E-state index in [0.717, 1.165) is 18.1 Å². The molecule has 0 radical (unpaired) electrons. The number of halogens is 3. The summed E-state index contributed by atoms with van der Waals surface area (Å²) in [7, 11) is 0. The molecular formula is C17H16F3N. The van der Waals surface area contributed by atoms with Gasteiger partial charge < -0.3 is 5.73 Å². The molecule has 0 saturated carbocycles. The van der Waals surface area contributed by atoms with E-state index in [1.807, 2.05) is 24.3 Å². The molecule has 2 aromatic rings. The lowest BCUT2D eigenvalue weighted by Gasteiger charge is -2.17. The molecule has 0 amide bonds. The predicted octanol–water partition coefficient (Wildman–Crippen LogP) is 4.12. The van der Waals surface area contributed by atoms with Gasteiger partial charge in [0.15, 0.2) is 0 Å². The van der Waals surface area contributed by atoms with Crippen LogP contribution in [0.2, 0.25) is 0 Å². The predicted molar refractivity (Wildman–Crippen MR) is 75.7 cm³/mol. The van der Waals surface area contributed by atoms with Crippen LogP contribution >= 0.6 is 0 Å². The number of alkyl halides is 3. The van der Waals surface area contributed by atoms with E-state index in [1.54, 1.807) is 6.07 Å². The summed E-state index contributed by atoms with van der Waals surface area (Å²) in [5.41, 5.74) is 8.67. The largest absolute Gasteiger partial charge is 0.416 e. The second-order valence-corrected chi connectivity index (χ2v) is 5.59. The van der Waals surface area contributed by atoms with Gasteiger partial charge in [-0.2, -0.15) is 13.2 Å². The van der Waals surface area contributed by atoms with Crippen molar-refractivity contribution in [2.45, 2.75) is 25.1 Å². The normalized spacial score (nSPS) is 21.3. The van der Waals surface area contributed by atoms with Crippen LogP contribution in [-0.4, -0.2) is 0 Å². The Hall–Kier alpha value is -1.81.